The number of piperazine rings is 1. The first kappa shape index (κ1) is 19.7. The number of aromatic nitrogens is 1. The molecule has 0 radical (unpaired) electrons. The third-order valence-corrected chi connectivity index (χ3v) is 5.04. The predicted molar refractivity (Wildman–Crippen MR) is 115 cm³/mol. The van der Waals surface area contributed by atoms with Gasteiger partial charge in [0.1, 0.15) is 12.4 Å². The lowest BCUT2D eigenvalue weighted by Crippen LogP contribution is -2.46. The van der Waals surface area contributed by atoms with Gasteiger partial charge in [-0.1, -0.05) is 30.3 Å². The second kappa shape index (κ2) is 9.26. The van der Waals surface area contributed by atoms with Gasteiger partial charge in [-0.05, 0) is 35.9 Å². The van der Waals surface area contributed by atoms with E-state index in [2.05, 4.69) is 15.2 Å². The van der Waals surface area contributed by atoms with Crippen molar-refractivity contribution in [2.75, 3.05) is 41.3 Å². The second-order valence-corrected chi connectivity index (χ2v) is 7.04. The molecule has 6 nitrogen and oxygen atoms in total. The van der Waals surface area contributed by atoms with E-state index in [1.807, 2.05) is 53.6 Å². The third kappa shape index (κ3) is 4.86. The number of rotatable bonds is 5. The zero-order chi connectivity index (χ0) is 20.8. The normalized spacial score (nSPS) is 13.8. The molecule has 1 fully saturated rings. The summed E-state index contributed by atoms with van der Waals surface area (Å²) in [6.07, 6.45) is 2.98. The number of nitrogens with zero attached hydrogens (tertiary/aromatic N) is 3. The topological polar surface area (TPSA) is 57.7 Å². The number of hydrogen-bond donors (Lipinski definition) is 1. The summed E-state index contributed by atoms with van der Waals surface area (Å²) < 4.78 is 19.9. The van der Waals surface area contributed by atoms with Gasteiger partial charge in [0, 0.05) is 38.1 Å². The molecule has 2 aromatic carbocycles. The molecule has 1 amide bonds. The third-order valence-electron chi connectivity index (χ3n) is 5.04. The van der Waals surface area contributed by atoms with Gasteiger partial charge in [0.2, 0.25) is 0 Å². The predicted octanol–water partition coefficient (Wildman–Crippen LogP) is 4.30. The molecule has 1 aliphatic rings. The molecule has 7 heteroatoms. The summed E-state index contributed by atoms with van der Waals surface area (Å²) >= 11 is 0. The van der Waals surface area contributed by atoms with Crippen LogP contribution in [0.15, 0.2) is 73.1 Å². The lowest BCUT2D eigenvalue weighted by atomic mass is 10.2. The number of pyridine rings is 1. The summed E-state index contributed by atoms with van der Waals surface area (Å²) in [6.45, 7) is 3.15. The summed E-state index contributed by atoms with van der Waals surface area (Å²) in [4.78, 5) is 20.4. The number of hydrogen-bond acceptors (Lipinski definition) is 5. The fourth-order valence-electron chi connectivity index (χ4n) is 3.46. The average molecular weight is 406 g/mol. The molecule has 1 aromatic heterocycles. The molecule has 1 N–H and O–H groups in total. The van der Waals surface area contributed by atoms with Crippen molar-refractivity contribution < 1.29 is 13.9 Å². The van der Waals surface area contributed by atoms with Gasteiger partial charge in [0.15, 0.2) is 0 Å². The standard InChI is InChI=1S/C23H23FN4O2/c24-21-15-19(26-23(29)30-17-18-5-2-1-3-6-18)8-9-22(21)28-13-11-27(12-14-28)20-7-4-10-25-16-20/h1-10,15-16H,11-14,17H2,(H,26,29). The molecule has 30 heavy (non-hydrogen) atoms. The van der Waals surface area contributed by atoms with Crippen LogP contribution in [0.3, 0.4) is 0 Å². The summed E-state index contributed by atoms with van der Waals surface area (Å²) in [7, 11) is 0. The number of ether oxygens (including phenoxy) is 1. The highest BCUT2D eigenvalue weighted by Gasteiger charge is 2.20. The Labute approximate surface area is 174 Å². The van der Waals surface area contributed by atoms with E-state index in [0.29, 0.717) is 24.5 Å². The Hall–Kier alpha value is -3.61. The van der Waals surface area contributed by atoms with Gasteiger partial charge < -0.3 is 14.5 Å². The molecule has 1 saturated heterocycles. The van der Waals surface area contributed by atoms with Crippen molar-refractivity contribution in [3.05, 3.63) is 84.4 Å². The molecule has 0 saturated carbocycles. The first-order valence-electron chi connectivity index (χ1n) is 9.86. The molecule has 0 atom stereocenters. The molecule has 0 unspecified atom stereocenters. The number of anilines is 3. The minimum Gasteiger partial charge on any atom is -0.444 e. The zero-order valence-corrected chi connectivity index (χ0v) is 16.5. The number of carbonyl (C=O) groups excluding carboxylic acids is 1. The van der Waals surface area contributed by atoms with Crippen molar-refractivity contribution in [2.24, 2.45) is 0 Å². The maximum absolute atomic E-state index is 14.7. The lowest BCUT2D eigenvalue weighted by Gasteiger charge is -2.37. The van der Waals surface area contributed by atoms with Crippen LogP contribution in [0.4, 0.5) is 26.2 Å². The summed E-state index contributed by atoms with van der Waals surface area (Å²) in [5.41, 5.74) is 2.86. The molecule has 0 aliphatic carbocycles. The van der Waals surface area contributed by atoms with Gasteiger partial charge in [0.25, 0.3) is 0 Å². The second-order valence-electron chi connectivity index (χ2n) is 7.04. The monoisotopic (exact) mass is 406 g/mol. The summed E-state index contributed by atoms with van der Waals surface area (Å²) in [5.74, 6) is -0.370. The Bertz CT molecular complexity index is 977. The van der Waals surface area contributed by atoms with Crippen LogP contribution < -0.4 is 15.1 Å². The Morgan fingerprint density at radius 1 is 1.00 bits per heavy atom. The van der Waals surface area contributed by atoms with Gasteiger partial charge >= 0.3 is 6.09 Å². The molecular formula is C23H23FN4O2. The van der Waals surface area contributed by atoms with Crippen molar-refractivity contribution in [3.63, 3.8) is 0 Å². The number of halogens is 1. The summed E-state index contributed by atoms with van der Waals surface area (Å²) in [6, 6.07) is 18.0. The van der Waals surface area contributed by atoms with Crippen molar-refractivity contribution in [2.45, 2.75) is 6.61 Å². The minimum atomic E-state index is -0.615. The van der Waals surface area contributed by atoms with Gasteiger partial charge in [-0.25, -0.2) is 9.18 Å². The molecular weight excluding hydrogens is 383 g/mol. The molecule has 4 rings (SSSR count). The van der Waals surface area contributed by atoms with Crippen LogP contribution in [0.5, 0.6) is 0 Å². The van der Waals surface area contributed by atoms with Crippen LogP contribution in [-0.4, -0.2) is 37.3 Å². The van der Waals surface area contributed by atoms with Crippen LogP contribution in [0.2, 0.25) is 0 Å². The van der Waals surface area contributed by atoms with E-state index in [1.54, 1.807) is 18.3 Å². The van der Waals surface area contributed by atoms with Gasteiger partial charge in [-0.15, -0.1) is 0 Å². The van der Waals surface area contributed by atoms with E-state index >= 15 is 0 Å². The first-order chi connectivity index (χ1) is 14.7. The van der Waals surface area contributed by atoms with Crippen LogP contribution in [0.25, 0.3) is 0 Å². The van der Waals surface area contributed by atoms with E-state index in [-0.39, 0.29) is 12.4 Å². The van der Waals surface area contributed by atoms with Crippen LogP contribution in [0, 0.1) is 5.82 Å². The van der Waals surface area contributed by atoms with E-state index in [9.17, 15) is 9.18 Å². The van der Waals surface area contributed by atoms with Crippen LogP contribution in [-0.2, 0) is 11.3 Å². The molecule has 0 bridgehead atoms. The molecule has 3 aromatic rings. The van der Waals surface area contributed by atoms with Crippen molar-refractivity contribution in [1.29, 1.82) is 0 Å². The number of benzene rings is 2. The highest BCUT2D eigenvalue weighted by atomic mass is 19.1. The highest BCUT2D eigenvalue weighted by Crippen LogP contribution is 2.25. The zero-order valence-electron chi connectivity index (χ0n) is 16.5. The average Bonchev–Trinajstić information content (AvgIpc) is 2.79. The van der Waals surface area contributed by atoms with Gasteiger partial charge in [-0.2, -0.15) is 0 Å². The Balaban J connectivity index is 1.31. The maximum atomic E-state index is 14.7. The van der Waals surface area contributed by atoms with Gasteiger partial charge in [0.05, 0.1) is 17.6 Å². The van der Waals surface area contributed by atoms with Crippen molar-refractivity contribution in [1.82, 2.24) is 4.98 Å². The number of carbonyl (C=O) groups is 1. The van der Waals surface area contributed by atoms with Crippen LogP contribution in [0.1, 0.15) is 5.56 Å². The molecule has 1 aliphatic heterocycles. The van der Waals surface area contributed by atoms with Gasteiger partial charge in [-0.3, -0.25) is 10.3 Å². The Morgan fingerprint density at radius 3 is 2.47 bits per heavy atom. The Morgan fingerprint density at radius 2 is 1.77 bits per heavy atom. The number of amides is 1. The van der Waals surface area contributed by atoms with Crippen molar-refractivity contribution >= 4 is 23.2 Å². The molecule has 0 spiro atoms. The lowest BCUT2D eigenvalue weighted by molar-refractivity contribution is 0.155. The molecule has 2 heterocycles. The van der Waals surface area contributed by atoms with E-state index in [4.69, 9.17) is 4.74 Å². The Kier molecular flexibility index (Phi) is 6.08. The van der Waals surface area contributed by atoms with E-state index in [1.165, 1.54) is 6.07 Å². The highest BCUT2D eigenvalue weighted by molar-refractivity contribution is 5.85. The van der Waals surface area contributed by atoms with E-state index < -0.39 is 6.09 Å². The van der Waals surface area contributed by atoms with Crippen LogP contribution >= 0.6 is 0 Å². The summed E-state index contributed by atoms with van der Waals surface area (Å²) in [5, 5.41) is 2.58. The first-order valence-corrected chi connectivity index (χ1v) is 9.86. The fraction of sp³-hybridized carbons (Fsp3) is 0.217. The maximum Gasteiger partial charge on any atom is 0.411 e. The minimum absolute atomic E-state index is 0.161. The quantitative estimate of drug-likeness (QED) is 0.685. The fourth-order valence-corrected chi connectivity index (χ4v) is 3.46. The van der Waals surface area contributed by atoms with E-state index in [0.717, 1.165) is 24.3 Å². The SMILES string of the molecule is O=C(Nc1ccc(N2CCN(c3cccnc3)CC2)c(F)c1)OCc1ccccc1. The smallest absolute Gasteiger partial charge is 0.411 e. The largest absolute Gasteiger partial charge is 0.444 e. The van der Waals surface area contributed by atoms with Crippen molar-refractivity contribution in [3.8, 4) is 0 Å². The number of nitrogens with one attached hydrogen (secondary N) is 1. The molecule has 154 valence electrons.